The largest absolute Gasteiger partial charge is 0.497 e. The molecule has 0 radical (unpaired) electrons. The lowest BCUT2D eigenvalue weighted by atomic mass is 10.00. The average molecular weight is 426 g/mol. The van der Waals surface area contributed by atoms with E-state index < -0.39 is 21.5 Å². The molecule has 3 rings (SSSR count). The summed E-state index contributed by atoms with van der Waals surface area (Å²) in [4.78, 5) is 0. The molecule has 0 aliphatic carbocycles. The van der Waals surface area contributed by atoms with E-state index in [9.17, 15) is 4.21 Å². The Labute approximate surface area is 175 Å². The zero-order valence-corrected chi connectivity index (χ0v) is 18.8. The molecule has 2 aliphatic heterocycles. The van der Waals surface area contributed by atoms with Gasteiger partial charge in [0.15, 0.2) is 5.79 Å². The maximum Gasteiger partial charge on any atom is 0.163 e. The van der Waals surface area contributed by atoms with Crippen molar-refractivity contribution in [2.24, 2.45) is 4.40 Å². The van der Waals surface area contributed by atoms with E-state index in [0.29, 0.717) is 37.7 Å². The van der Waals surface area contributed by atoms with E-state index in [1.165, 1.54) is 0 Å². The number of rotatable bonds is 6. The number of nitrogens with zero attached hydrogens (tertiary/aromatic N) is 1. The van der Waals surface area contributed by atoms with Gasteiger partial charge in [-0.3, -0.25) is 0 Å². The maximum atomic E-state index is 12.6. The molecule has 8 heteroatoms. The van der Waals surface area contributed by atoms with Gasteiger partial charge in [-0.05, 0) is 46.8 Å². The summed E-state index contributed by atoms with van der Waals surface area (Å²) in [6.45, 7) is 10.8. The third-order valence-electron chi connectivity index (χ3n) is 4.61. The van der Waals surface area contributed by atoms with Crippen molar-refractivity contribution in [3.63, 3.8) is 0 Å². The van der Waals surface area contributed by atoms with Crippen molar-refractivity contribution in [1.82, 2.24) is 0 Å². The molecule has 3 atom stereocenters. The normalized spacial score (nSPS) is 26.1. The van der Waals surface area contributed by atoms with Crippen molar-refractivity contribution in [3.05, 3.63) is 23.8 Å². The second-order valence-corrected chi connectivity index (χ2v) is 10.6. The van der Waals surface area contributed by atoms with E-state index in [4.69, 9.17) is 23.7 Å². The Bertz CT molecular complexity index is 786. The summed E-state index contributed by atoms with van der Waals surface area (Å²) < 4.78 is 45.3. The van der Waals surface area contributed by atoms with Gasteiger partial charge in [0.05, 0.1) is 37.4 Å². The summed E-state index contributed by atoms with van der Waals surface area (Å²) in [6, 6.07) is 5.58. The van der Waals surface area contributed by atoms with Crippen molar-refractivity contribution < 1.29 is 27.9 Å². The summed E-state index contributed by atoms with van der Waals surface area (Å²) in [5.41, 5.74) is 1.60. The quantitative estimate of drug-likeness (QED) is 0.696. The zero-order valence-electron chi connectivity index (χ0n) is 18.0. The van der Waals surface area contributed by atoms with Gasteiger partial charge in [-0.25, -0.2) is 4.21 Å². The second kappa shape index (κ2) is 8.71. The van der Waals surface area contributed by atoms with Gasteiger partial charge in [0.25, 0.3) is 0 Å². The number of benzene rings is 1. The van der Waals surface area contributed by atoms with E-state index >= 15 is 0 Å². The first kappa shape index (κ1) is 22.2. The summed E-state index contributed by atoms with van der Waals surface area (Å²) in [6.07, 6.45) is 0.192. The van der Waals surface area contributed by atoms with E-state index in [1.807, 2.05) is 52.8 Å². The molecule has 7 nitrogen and oxygen atoms in total. The van der Waals surface area contributed by atoms with Crippen LogP contribution in [0.1, 0.15) is 46.6 Å². The van der Waals surface area contributed by atoms with E-state index in [-0.39, 0.29) is 12.2 Å². The van der Waals surface area contributed by atoms with Gasteiger partial charge in [0.1, 0.15) is 34.7 Å². The molecule has 1 fully saturated rings. The molecule has 0 spiro atoms. The minimum Gasteiger partial charge on any atom is -0.497 e. The highest BCUT2D eigenvalue weighted by Gasteiger charge is 2.33. The van der Waals surface area contributed by atoms with E-state index in [0.717, 1.165) is 11.3 Å². The van der Waals surface area contributed by atoms with Crippen LogP contribution in [0.15, 0.2) is 22.6 Å². The lowest BCUT2D eigenvalue weighted by Gasteiger charge is -2.28. The van der Waals surface area contributed by atoms with Gasteiger partial charge in [-0.1, -0.05) is 0 Å². The molecule has 0 bridgehead atoms. The lowest BCUT2D eigenvalue weighted by molar-refractivity contribution is -0.146. The average Bonchev–Trinajstić information content (AvgIpc) is 2.99. The predicted octanol–water partition coefficient (Wildman–Crippen LogP) is 3.27. The van der Waals surface area contributed by atoms with Crippen LogP contribution in [0, 0.1) is 0 Å². The fourth-order valence-electron chi connectivity index (χ4n) is 3.10. The molecule has 2 aliphatic rings. The number of hydrogen-bond acceptors (Lipinski definition) is 6. The topological polar surface area (TPSA) is 75.6 Å². The first-order chi connectivity index (χ1) is 13.6. The maximum absolute atomic E-state index is 12.6. The first-order valence-corrected chi connectivity index (χ1v) is 10.9. The minimum absolute atomic E-state index is 0.0949. The Morgan fingerprint density at radius 3 is 2.59 bits per heavy atom. The van der Waals surface area contributed by atoms with Gasteiger partial charge < -0.3 is 23.7 Å². The molecule has 0 N–H and O–H groups in total. The third kappa shape index (κ3) is 5.78. The number of fused-ring (bicyclic) bond motifs is 1. The fourth-order valence-corrected chi connectivity index (χ4v) is 3.75. The van der Waals surface area contributed by atoms with Crippen molar-refractivity contribution in [3.8, 4) is 11.5 Å². The third-order valence-corrected chi connectivity index (χ3v) is 6.04. The van der Waals surface area contributed by atoms with Crippen LogP contribution in [0.2, 0.25) is 0 Å². The highest BCUT2D eigenvalue weighted by molar-refractivity contribution is 7.85. The molecule has 1 aromatic rings. The summed E-state index contributed by atoms with van der Waals surface area (Å²) in [5, 5.41) is 0. The molecule has 2 heterocycles. The smallest absolute Gasteiger partial charge is 0.163 e. The first-order valence-electron chi connectivity index (χ1n) is 9.81. The zero-order chi connectivity index (χ0) is 21.2. The molecule has 0 aromatic heterocycles. The molecule has 1 aromatic carbocycles. The Morgan fingerprint density at radius 1 is 1.24 bits per heavy atom. The SMILES string of the molecule is COc1ccc2c(c1)O[C@H](COC[C@H]1COC(C)(C)O1)C/C2=N\S(=O)C(C)(C)C. The molecule has 29 heavy (non-hydrogen) atoms. The van der Waals surface area contributed by atoms with Crippen LogP contribution in [-0.4, -0.2) is 59.6 Å². The number of methoxy groups -OCH3 is 1. The lowest BCUT2D eigenvalue weighted by Crippen LogP contribution is -2.34. The molecule has 0 saturated carbocycles. The van der Waals surface area contributed by atoms with Gasteiger partial charge in [-0.15, -0.1) is 0 Å². The fraction of sp³-hybridized carbons (Fsp3) is 0.667. The molecule has 0 amide bonds. The molecular formula is C21H31NO6S. The van der Waals surface area contributed by atoms with Crippen LogP contribution in [0.25, 0.3) is 0 Å². The predicted molar refractivity (Wildman–Crippen MR) is 112 cm³/mol. The monoisotopic (exact) mass is 425 g/mol. The van der Waals surface area contributed by atoms with Gasteiger partial charge >= 0.3 is 0 Å². The Morgan fingerprint density at radius 2 is 1.97 bits per heavy atom. The van der Waals surface area contributed by atoms with Crippen molar-refractivity contribution in [2.45, 2.75) is 63.8 Å². The number of hydrogen-bond donors (Lipinski definition) is 0. The van der Waals surface area contributed by atoms with Crippen LogP contribution in [-0.2, 0) is 25.2 Å². The van der Waals surface area contributed by atoms with Gasteiger partial charge in [0.2, 0.25) is 0 Å². The summed E-state index contributed by atoms with van der Waals surface area (Å²) >= 11 is 0. The van der Waals surface area contributed by atoms with E-state index in [2.05, 4.69) is 4.40 Å². The Balaban J connectivity index is 1.71. The van der Waals surface area contributed by atoms with E-state index in [1.54, 1.807) is 7.11 Å². The highest BCUT2D eigenvalue weighted by atomic mass is 32.2. The van der Waals surface area contributed by atoms with Crippen LogP contribution >= 0.6 is 0 Å². The molecular weight excluding hydrogens is 394 g/mol. The van der Waals surface area contributed by atoms with Crippen molar-refractivity contribution in [2.75, 3.05) is 26.9 Å². The minimum atomic E-state index is -1.36. The molecule has 1 saturated heterocycles. The summed E-state index contributed by atoms with van der Waals surface area (Å²) in [5.74, 6) is 0.789. The standard InChI is InChI=1S/C21H31NO6S/c1-20(2,3)29(23)22-18-9-15(11-25-12-16-13-26-21(4,5)28-16)27-19-10-14(24-6)7-8-17(18)19/h7-8,10,15-16H,9,11-13H2,1-6H3/b22-18+/t15-,16-,29?/m0/s1. The van der Waals surface area contributed by atoms with Crippen LogP contribution < -0.4 is 9.47 Å². The van der Waals surface area contributed by atoms with Crippen molar-refractivity contribution >= 4 is 16.7 Å². The van der Waals surface area contributed by atoms with Gasteiger partial charge in [-0.2, -0.15) is 4.40 Å². The number of ether oxygens (including phenoxy) is 5. The van der Waals surface area contributed by atoms with Crippen LogP contribution in [0.4, 0.5) is 0 Å². The van der Waals surface area contributed by atoms with Crippen LogP contribution in [0.3, 0.4) is 0 Å². The van der Waals surface area contributed by atoms with Crippen molar-refractivity contribution in [1.29, 1.82) is 0 Å². The molecule has 162 valence electrons. The highest BCUT2D eigenvalue weighted by Crippen LogP contribution is 2.33. The molecule has 1 unspecified atom stereocenters. The Kier molecular flexibility index (Phi) is 6.67. The Hall–Kier alpha value is -1.48. The van der Waals surface area contributed by atoms with Crippen LogP contribution in [0.5, 0.6) is 11.5 Å². The van der Waals surface area contributed by atoms with Gasteiger partial charge in [0, 0.05) is 18.1 Å². The second-order valence-electron chi connectivity index (χ2n) is 8.69. The summed E-state index contributed by atoms with van der Waals surface area (Å²) in [7, 11) is 0.254.